The number of fused-ring (bicyclic) bond motifs is 3. The van der Waals surface area contributed by atoms with E-state index in [9.17, 15) is 22.0 Å². The summed E-state index contributed by atoms with van der Waals surface area (Å²) in [5, 5.41) is 3.50. The molecule has 2 bridgehead atoms. The van der Waals surface area contributed by atoms with E-state index < -0.39 is 34.7 Å². The molecule has 5 heterocycles. The highest BCUT2D eigenvalue weighted by molar-refractivity contribution is 6.34. The molecule has 248 valence electrons. The van der Waals surface area contributed by atoms with Gasteiger partial charge in [0.1, 0.15) is 17.2 Å². The number of hydrogen-bond acceptors (Lipinski definition) is 8. The third kappa shape index (κ3) is 6.03. The van der Waals surface area contributed by atoms with Gasteiger partial charge in [0.05, 0.1) is 28.5 Å². The lowest BCUT2D eigenvalue weighted by Crippen LogP contribution is -2.51. The minimum absolute atomic E-state index is 0.121. The van der Waals surface area contributed by atoms with Crippen LogP contribution in [-0.4, -0.2) is 77.2 Å². The average molecular weight is 670 g/mol. The molecule has 2 atom stereocenters. The fourth-order valence-electron chi connectivity index (χ4n) is 7.14. The van der Waals surface area contributed by atoms with Gasteiger partial charge in [0.15, 0.2) is 5.82 Å². The number of alkyl halides is 5. The third-order valence-electron chi connectivity index (χ3n) is 9.73. The van der Waals surface area contributed by atoms with Gasteiger partial charge in [-0.1, -0.05) is 11.6 Å². The number of nitrogens with one attached hydrogen (secondary N) is 1. The minimum Gasteiger partial charge on any atom is -0.463 e. The van der Waals surface area contributed by atoms with Crippen LogP contribution >= 0.6 is 11.6 Å². The van der Waals surface area contributed by atoms with Gasteiger partial charge in [0.2, 0.25) is 0 Å². The van der Waals surface area contributed by atoms with E-state index in [1.165, 1.54) is 13.0 Å². The molecule has 3 aliphatic heterocycles. The summed E-state index contributed by atoms with van der Waals surface area (Å²) >= 11 is 6.57. The summed E-state index contributed by atoms with van der Waals surface area (Å²) in [4.78, 5) is 17.0. The van der Waals surface area contributed by atoms with Crippen LogP contribution in [0.4, 0.5) is 38.0 Å². The van der Waals surface area contributed by atoms with E-state index in [0.717, 1.165) is 31.7 Å². The van der Waals surface area contributed by atoms with Crippen LogP contribution in [0.1, 0.15) is 49.7 Å². The van der Waals surface area contributed by atoms with Crippen LogP contribution in [-0.2, 0) is 6.18 Å². The van der Waals surface area contributed by atoms with E-state index in [0.29, 0.717) is 38.5 Å². The number of halogens is 7. The third-order valence-corrected chi connectivity index (χ3v) is 10.0. The van der Waals surface area contributed by atoms with Gasteiger partial charge in [-0.15, -0.1) is 0 Å². The van der Waals surface area contributed by atoms with Crippen LogP contribution in [0.15, 0.2) is 12.1 Å². The predicted molar refractivity (Wildman–Crippen MR) is 162 cm³/mol. The second-order valence-electron chi connectivity index (χ2n) is 13.3. The molecule has 3 aromatic rings. The molecule has 0 radical (unpaired) electrons. The second kappa shape index (κ2) is 11.3. The molecule has 1 aliphatic carbocycles. The Bertz CT molecular complexity index is 1660. The first kappa shape index (κ1) is 31.5. The molecule has 0 amide bonds. The van der Waals surface area contributed by atoms with Crippen molar-refractivity contribution in [2.45, 2.75) is 69.6 Å². The predicted octanol–water partition coefficient (Wildman–Crippen LogP) is 6.22. The molecule has 2 aromatic heterocycles. The lowest BCUT2D eigenvalue weighted by atomic mass is 9.99. The van der Waals surface area contributed by atoms with Gasteiger partial charge < -0.3 is 25.6 Å². The van der Waals surface area contributed by atoms with Crippen LogP contribution in [0.5, 0.6) is 6.01 Å². The summed E-state index contributed by atoms with van der Waals surface area (Å²) in [5.74, 6) is -3.57. The molecule has 8 nitrogen and oxygen atoms in total. The Balaban J connectivity index is 1.28. The number of pyridine rings is 1. The van der Waals surface area contributed by atoms with Crippen molar-refractivity contribution in [2.75, 3.05) is 50.0 Å². The van der Waals surface area contributed by atoms with Crippen molar-refractivity contribution < 1.29 is 31.1 Å². The van der Waals surface area contributed by atoms with Gasteiger partial charge in [-0.3, -0.25) is 0 Å². The summed E-state index contributed by atoms with van der Waals surface area (Å²) in [5.41, 5.74) is 2.66. The Labute approximate surface area is 266 Å². The maximum atomic E-state index is 16.6. The number of anilines is 2. The highest BCUT2D eigenvalue weighted by atomic mass is 35.5. The lowest BCUT2D eigenvalue weighted by molar-refractivity contribution is -0.137. The maximum Gasteiger partial charge on any atom is 0.418 e. The number of nitrogen functional groups attached to an aromatic ring is 1. The van der Waals surface area contributed by atoms with Gasteiger partial charge in [-0.2, -0.15) is 23.1 Å². The minimum atomic E-state index is -4.86. The van der Waals surface area contributed by atoms with Crippen LogP contribution < -0.4 is 20.7 Å². The molecule has 3 saturated heterocycles. The van der Waals surface area contributed by atoms with Crippen LogP contribution in [0.3, 0.4) is 0 Å². The van der Waals surface area contributed by atoms with Gasteiger partial charge in [-0.25, -0.2) is 18.2 Å². The number of rotatable bonds is 7. The molecule has 4 fully saturated rings. The Morgan fingerprint density at radius 3 is 2.35 bits per heavy atom. The molecule has 1 aromatic carbocycles. The van der Waals surface area contributed by atoms with Gasteiger partial charge in [0.25, 0.3) is 5.92 Å². The number of nitrogens with two attached hydrogens (primary N) is 1. The fourth-order valence-corrected chi connectivity index (χ4v) is 7.43. The Morgan fingerprint density at radius 2 is 1.72 bits per heavy atom. The first-order valence-electron chi connectivity index (χ1n) is 15.5. The highest BCUT2D eigenvalue weighted by Crippen LogP contribution is 2.48. The zero-order chi connectivity index (χ0) is 32.6. The van der Waals surface area contributed by atoms with Crippen molar-refractivity contribution in [2.24, 2.45) is 5.41 Å². The topological polar surface area (TPSA) is 92.4 Å². The highest BCUT2D eigenvalue weighted by Gasteiger charge is 2.47. The summed E-state index contributed by atoms with van der Waals surface area (Å²) in [6.45, 7) is 3.76. The van der Waals surface area contributed by atoms with Crippen molar-refractivity contribution >= 4 is 34.1 Å². The summed E-state index contributed by atoms with van der Waals surface area (Å²) in [6.07, 6.45) is -1.63. The normalized spacial score (nSPS) is 24.0. The Kier molecular flexibility index (Phi) is 7.71. The van der Waals surface area contributed by atoms with Crippen molar-refractivity contribution in [3.8, 4) is 17.3 Å². The number of aryl methyl sites for hydroxylation is 1. The van der Waals surface area contributed by atoms with Crippen LogP contribution in [0.2, 0.25) is 5.02 Å². The van der Waals surface area contributed by atoms with Gasteiger partial charge in [0, 0.05) is 68.5 Å². The van der Waals surface area contributed by atoms with Gasteiger partial charge in [-0.05, 0) is 50.3 Å². The number of nitrogens with zero attached hydrogens (tertiary/aromatic N) is 5. The largest absolute Gasteiger partial charge is 0.463 e. The zero-order valence-electron chi connectivity index (χ0n) is 25.2. The molecule has 2 unspecified atom stereocenters. The van der Waals surface area contributed by atoms with E-state index in [-0.39, 0.29) is 70.3 Å². The molecule has 4 aliphatic rings. The van der Waals surface area contributed by atoms with E-state index in [4.69, 9.17) is 27.1 Å². The van der Waals surface area contributed by atoms with Crippen molar-refractivity contribution in [3.63, 3.8) is 0 Å². The first-order valence-corrected chi connectivity index (χ1v) is 15.9. The number of benzene rings is 1. The van der Waals surface area contributed by atoms with Crippen LogP contribution in [0, 0.1) is 18.2 Å². The Hall–Kier alpha value is -3.10. The van der Waals surface area contributed by atoms with Gasteiger partial charge >= 0.3 is 12.2 Å². The molecule has 3 N–H and O–H groups in total. The number of ether oxygens (including phenoxy) is 1. The number of piperazine rings is 1. The number of likely N-dealkylation sites (tertiary alicyclic amines) is 1. The Morgan fingerprint density at radius 1 is 1.04 bits per heavy atom. The van der Waals surface area contributed by atoms with E-state index >= 15 is 4.39 Å². The van der Waals surface area contributed by atoms with E-state index in [2.05, 4.69) is 15.3 Å². The average Bonchev–Trinajstić information content (AvgIpc) is 3.66. The van der Waals surface area contributed by atoms with Crippen molar-refractivity contribution in [3.05, 3.63) is 34.1 Å². The summed E-state index contributed by atoms with van der Waals surface area (Å²) in [6, 6.07) is 2.74. The standard InChI is InChI=1S/C31H34ClF6N7O/c1-16-10-21(39)41-26(23(16)31(36,37)38)22-20(32)11-19-25(24(22)33)42-28(43-27(19)45-12-17-2-3-18(13-45)40-17)46-15-29(4-5-29)14-44-8-6-30(34,35)7-9-44/h10-11,17-18,40H,2-9,12-15H2,1H3,(H2,39,41). The quantitative estimate of drug-likeness (QED) is 0.287. The fraction of sp³-hybridized carbons (Fsp3) is 0.581. The number of aromatic nitrogens is 3. The molecule has 0 spiro atoms. The molecular formula is C31H34ClF6N7O. The molecule has 46 heavy (non-hydrogen) atoms. The smallest absolute Gasteiger partial charge is 0.418 e. The van der Waals surface area contributed by atoms with Crippen molar-refractivity contribution in [1.29, 1.82) is 0 Å². The van der Waals surface area contributed by atoms with Crippen LogP contribution in [0.25, 0.3) is 22.2 Å². The van der Waals surface area contributed by atoms with E-state index in [1.54, 1.807) is 0 Å². The number of piperidine rings is 1. The molecule has 7 rings (SSSR count). The van der Waals surface area contributed by atoms with E-state index in [1.807, 2.05) is 9.80 Å². The SMILES string of the molecule is Cc1cc(N)nc(-c2c(Cl)cc3c(N4CC5CCC(C4)N5)nc(OCC4(CN5CCC(F)(F)CC5)CC4)nc3c2F)c1C(F)(F)F. The summed E-state index contributed by atoms with van der Waals surface area (Å²) < 4.78 is 92.8. The molecule has 15 heteroatoms. The maximum absolute atomic E-state index is 16.6. The second-order valence-corrected chi connectivity index (χ2v) is 13.7. The zero-order valence-corrected chi connectivity index (χ0v) is 25.9. The molecular weight excluding hydrogens is 636 g/mol. The van der Waals surface area contributed by atoms with Crippen molar-refractivity contribution in [1.82, 2.24) is 25.2 Å². The lowest BCUT2D eigenvalue weighted by Gasteiger charge is -2.35. The molecule has 1 saturated carbocycles. The number of hydrogen-bond donors (Lipinski definition) is 2. The summed E-state index contributed by atoms with van der Waals surface area (Å²) in [7, 11) is 0. The first-order chi connectivity index (χ1) is 21.7. The monoisotopic (exact) mass is 669 g/mol.